The largest absolute Gasteiger partial charge is 0.387 e. The zero-order valence-corrected chi connectivity index (χ0v) is 13.5. The second-order valence-electron chi connectivity index (χ2n) is 5.04. The molecule has 0 bridgehead atoms. The summed E-state index contributed by atoms with van der Waals surface area (Å²) in [5.74, 6) is -0.954. The van der Waals surface area contributed by atoms with E-state index in [1.165, 1.54) is 12.1 Å². The average molecular weight is 350 g/mol. The maximum Gasteiger partial charge on any atom is 0.252 e. The smallest absolute Gasteiger partial charge is 0.252 e. The van der Waals surface area contributed by atoms with E-state index >= 15 is 0 Å². The molecule has 1 amide bonds. The van der Waals surface area contributed by atoms with Gasteiger partial charge >= 0.3 is 0 Å². The topological polar surface area (TPSA) is 49.3 Å². The third-order valence-electron chi connectivity index (χ3n) is 3.50. The second-order valence-corrected chi connectivity index (χ2v) is 6.36. The van der Waals surface area contributed by atoms with E-state index < -0.39 is 17.8 Å². The van der Waals surface area contributed by atoms with E-state index in [0.29, 0.717) is 0 Å². The third-order valence-corrected chi connectivity index (χ3v) is 4.80. The van der Waals surface area contributed by atoms with Crippen LogP contribution in [0.2, 0.25) is 5.02 Å². The van der Waals surface area contributed by atoms with E-state index in [2.05, 4.69) is 5.32 Å². The van der Waals surface area contributed by atoms with Crippen LogP contribution < -0.4 is 5.32 Å². The fraction of sp³-hybridized carbons (Fsp3) is 0.118. The van der Waals surface area contributed by atoms with E-state index in [0.717, 1.165) is 21.7 Å². The Morgan fingerprint density at radius 1 is 1.30 bits per heavy atom. The molecule has 0 aliphatic rings. The summed E-state index contributed by atoms with van der Waals surface area (Å²) in [6.45, 7) is 0.0489. The highest BCUT2D eigenvalue weighted by Crippen LogP contribution is 2.30. The van der Waals surface area contributed by atoms with Gasteiger partial charge in [-0.2, -0.15) is 0 Å². The molecule has 0 aliphatic carbocycles. The number of halogens is 2. The molecule has 0 aliphatic heterocycles. The van der Waals surface area contributed by atoms with Gasteiger partial charge in [0.1, 0.15) is 5.82 Å². The van der Waals surface area contributed by atoms with Crippen molar-refractivity contribution < 1.29 is 14.3 Å². The average Bonchev–Trinajstić information content (AvgIpc) is 2.96. The van der Waals surface area contributed by atoms with Crippen LogP contribution in [0.25, 0.3) is 10.1 Å². The van der Waals surface area contributed by atoms with Gasteiger partial charge in [0.15, 0.2) is 0 Å². The normalized spacial score (nSPS) is 12.3. The summed E-state index contributed by atoms with van der Waals surface area (Å²) in [5, 5.41) is 15.8. The standard InChI is InChI=1S/C17H13ClFNO2S/c18-14-7-10(19)5-6-12(14)17(22)20-8-15(21)13-9-23-16-4-2-1-3-11(13)16/h1-7,9,15,21H,8H2,(H,20,22). The van der Waals surface area contributed by atoms with Crippen molar-refractivity contribution in [3.63, 3.8) is 0 Å². The predicted molar refractivity (Wildman–Crippen MR) is 90.5 cm³/mol. The minimum atomic E-state index is -0.825. The van der Waals surface area contributed by atoms with Gasteiger partial charge in [-0.3, -0.25) is 4.79 Å². The molecular weight excluding hydrogens is 337 g/mol. The Bertz CT molecular complexity index is 865. The van der Waals surface area contributed by atoms with Gasteiger partial charge in [-0.25, -0.2) is 4.39 Å². The number of fused-ring (bicyclic) bond motifs is 1. The third kappa shape index (κ3) is 3.37. The molecule has 3 aromatic rings. The molecule has 0 saturated heterocycles. The summed E-state index contributed by atoms with van der Waals surface area (Å²) >= 11 is 7.40. The molecular formula is C17H13ClFNO2S. The SMILES string of the molecule is O=C(NCC(O)c1csc2ccccc12)c1ccc(F)cc1Cl. The lowest BCUT2D eigenvalue weighted by molar-refractivity contribution is 0.0917. The molecule has 3 nitrogen and oxygen atoms in total. The molecule has 1 atom stereocenters. The lowest BCUT2D eigenvalue weighted by Gasteiger charge is -2.12. The minimum absolute atomic E-state index is 0.0398. The van der Waals surface area contributed by atoms with Gasteiger partial charge in [-0.15, -0.1) is 11.3 Å². The number of hydrogen-bond acceptors (Lipinski definition) is 3. The number of hydrogen-bond donors (Lipinski definition) is 2. The molecule has 3 rings (SSSR count). The van der Waals surface area contributed by atoms with Gasteiger partial charge in [-0.05, 0) is 35.0 Å². The zero-order valence-electron chi connectivity index (χ0n) is 11.9. The molecule has 0 spiro atoms. The van der Waals surface area contributed by atoms with Crippen molar-refractivity contribution in [3.8, 4) is 0 Å². The number of carbonyl (C=O) groups excluding carboxylic acids is 1. The monoisotopic (exact) mass is 349 g/mol. The van der Waals surface area contributed by atoms with Crippen LogP contribution in [0, 0.1) is 5.82 Å². The predicted octanol–water partition coefficient (Wildman–Crippen LogP) is 4.16. The number of benzene rings is 2. The highest BCUT2D eigenvalue weighted by molar-refractivity contribution is 7.17. The lowest BCUT2D eigenvalue weighted by atomic mass is 10.1. The van der Waals surface area contributed by atoms with Gasteiger partial charge in [-0.1, -0.05) is 29.8 Å². The van der Waals surface area contributed by atoms with Gasteiger partial charge in [0.25, 0.3) is 5.91 Å². The molecule has 0 fully saturated rings. The van der Waals surface area contributed by atoms with Crippen molar-refractivity contribution >= 4 is 38.9 Å². The Labute approximate surface area is 141 Å². The molecule has 23 heavy (non-hydrogen) atoms. The van der Waals surface area contributed by atoms with Crippen molar-refractivity contribution in [3.05, 3.63) is 69.8 Å². The van der Waals surface area contributed by atoms with E-state index in [1.807, 2.05) is 29.6 Å². The first-order valence-corrected chi connectivity index (χ1v) is 8.19. The first-order valence-electron chi connectivity index (χ1n) is 6.93. The van der Waals surface area contributed by atoms with Crippen molar-refractivity contribution in [1.29, 1.82) is 0 Å². The van der Waals surface area contributed by atoms with Crippen LogP contribution in [0.3, 0.4) is 0 Å². The van der Waals surface area contributed by atoms with E-state index in [-0.39, 0.29) is 17.1 Å². The summed E-state index contributed by atoms with van der Waals surface area (Å²) in [6, 6.07) is 11.3. The lowest BCUT2D eigenvalue weighted by Crippen LogP contribution is -2.28. The van der Waals surface area contributed by atoms with Gasteiger partial charge < -0.3 is 10.4 Å². The van der Waals surface area contributed by atoms with Crippen molar-refractivity contribution in [2.45, 2.75) is 6.10 Å². The van der Waals surface area contributed by atoms with Crippen molar-refractivity contribution in [2.75, 3.05) is 6.54 Å². The van der Waals surface area contributed by atoms with Crippen LogP contribution >= 0.6 is 22.9 Å². The molecule has 0 saturated carbocycles. The molecule has 1 aromatic heterocycles. The fourth-order valence-corrected chi connectivity index (χ4v) is 3.59. The molecule has 0 radical (unpaired) electrons. The second kappa shape index (κ2) is 6.66. The minimum Gasteiger partial charge on any atom is -0.387 e. The maximum absolute atomic E-state index is 13.0. The first kappa shape index (κ1) is 15.9. The Morgan fingerprint density at radius 2 is 2.09 bits per heavy atom. The van der Waals surface area contributed by atoms with Crippen LogP contribution in [0.5, 0.6) is 0 Å². The Hall–Kier alpha value is -1.95. The summed E-state index contributed by atoms with van der Waals surface area (Å²) in [6.07, 6.45) is -0.825. The van der Waals surface area contributed by atoms with Crippen molar-refractivity contribution in [2.24, 2.45) is 0 Å². The summed E-state index contributed by atoms with van der Waals surface area (Å²) < 4.78 is 14.1. The van der Waals surface area contributed by atoms with E-state index in [4.69, 9.17) is 11.6 Å². The van der Waals surface area contributed by atoms with Crippen LogP contribution in [-0.2, 0) is 0 Å². The Balaban J connectivity index is 1.71. The molecule has 1 heterocycles. The maximum atomic E-state index is 13.0. The molecule has 2 N–H and O–H groups in total. The number of thiophene rings is 1. The summed E-state index contributed by atoms with van der Waals surface area (Å²) in [4.78, 5) is 12.1. The van der Waals surface area contributed by atoms with E-state index in [1.54, 1.807) is 11.3 Å². The van der Waals surface area contributed by atoms with Gasteiger partial charge in [0.05, 0.1) is 16.7 Å². The number of carbonyl (C=O) groups is 1. The van der Waals surface area contributed by atoms with Crippen LogP contribution in [0.4, 0.5) is 4.39 Å². The molecule has 118 valence electrons. The summed E-state index contributed by atoms with van der Waals surface area (Å²) in [5.41, 5.74) is 0.951. The van der Waals surface area contributed by atoms with Crippen molar-refractivity contribution in [1.82, 2.24) is 5.32 Å². The number of aliphatic hydroxyl groups excluding tert-OH is 1. The van der Waals surface area contributed by atoms with Crippen LogP contribution in [0.1, 0.15) is 22.0 Å². The number of rotatable bonds is 4. The first-order chi connectivity index (χ1) is 11.1. The Morgan fingerprint density at radius 3 is 2.87 bits per heavy atom. The summed E-state index contributed by atoms with van der Waals surface area (Å²) in [7, 11) is 0. The van der Waals surface area contributed by atoms with Crippen LogP contribution in [-0.4, -0.2) is 17.6 Å². The number of amides is 1. The number of aliphatic hydroxyl groups is 1. The van der Waals surface area contributed by atoms with Crippen LogP contribution in [0.15, 0.2) is 47.8 Å². The molecule has 6 heteroatoms. The molecule has 1 unspecified atom stereocenters. The zero-order chi connectivity index (χ0) is 16.4. The quantitative estimate of drug-likeness (QED) is 0.743. The van der Waals surface area contributed by atoms with Gasteiger partial charge in [0.2, 0.25) is 0 Å². The highest BCUT2D eigenvalue weighted by atomic mass is 35.5. The fourth-order valence-electron chi connectivity index (χ4n) is 2.32. The van der Waals surface area contributed by atoms with Gasteiger partial charge in [0, 0.05) is 16.8 Å². The van der Waals surface area contributed by atoms with E-state index in [9.17, 15) is 14.3 Å². The Kier molecular flexibility index (Phi) is 4.61. The molecule has 2 aromatic carbocycles. The highest BCUT2D eigenvalue weighted by Gasteiger charge is 2.16. The number of nitrogens with one attached hydrogen (secondary N) is 1.